The van der Waals surface area contributed by atoms with Gasteiger partial charge in [0.2, 0.25) is 5.91 Å². The molecule has 22 atom stereocenters. The Morgan fingerprint density at radius 2 is 1.11 bits per heavy atom. The minimum atomic E-state index is -0.783. The maximum atomic E-state index is 13.2. The van der Waals surface area contributed by atoms with Gasteiger partial charge in [0.05, 0.1) is 30.5 Å². The van der Waals surface area contributed by atoms with Gasteiger partial charge in [-0.15, -0.1) is 0 Å². The van der Waals surface area contributed by atoms with E-state index in [-0.39, 0.29) is 130 Å². The van der Waals surface area contributed by atoms with Crippen LogP contribution in [-0.2, 0) is 19.1 Å². The highest BCUT2D eigenvalue weighted by atomic mass is 16.5. The Labute approximate surface area is 364 Å². The number of rotatable bonds is 11. The van der Waals surface area contributed by atoms with Crippen molar-refractivity contribution in [2.24, 2.45) is 92.7 Å². The van der Waals surface area contributed by atoms with Crippen molar-refractivity contribution in [2.75, 3.05) is 6.54 Å². The smallest absolute Gasteiger partial charge is 0.325 e. The first-order valence-corrected chi connectivity index (χ1v) is 24.8. The first-order valence-electron chi connectivity index (χ1n) is 24.8. The number of ether oxygens (including phenoxy) is 1. The zero-order valence-corrected chi connectivity index (χ0v) is 38.1. The van der Waals surface area contributed by atoms with Crippen molar-refractivity contribution in [1.82, 2.24) is 5.32 Å². The molecule has 0 radical (unpaired) electrons. The van der Waals surface area contributed by atoms with Gasteiger partial charge >= 0.3 is 11.9 Å². The molecule has 0 aliphatic heterocycles. The molecule has 8 saturated carbocycles. The van der Waals surface area contributed by atoms with Gasteiger partial charge < -0.3 is 40.7 Å². The first kappa shape index (κ1) is 45.8. The molecule has 61 heavy (non-hydrogen) atoms. The highest BCUT2D eigenvalue weighted by Crippen LogP contribution is 2.70. The lowest BCUT2D eigenvalue weighted by Gasteiger charge is -2.63. The predicted molar refractivity (Wildman–Crippen MR) is 229 cm³/mol. The molecular weight excluding hydrogens is 775 g/mol. The van der Waals surface area contributed by atoms with Crippen molar-refractivity contribution < 1.29 is 49.8 Å². The highest BCUT2D eigenvalue weighted by molar-refractivity contribution is 5.81. The number of esters is 1. The van der Waals surface area contributed by atoms with Crippen LogP contribution in [0.4, 0.5) is 0 Å². The van der Waals surface area contributed by atoms with Gasteiger partial charge in [-0.1, -0.05) is 41.5 Å². The quantitative estimate of drug-likeness (QED) is 0.113. The monoisotopic (exact) mass is 856 g/mol. The van der Waals surface area contributed by atoms with Gasteiger partial charge in [-0.25, -0.2) is 0 Å². The molecule has 8 fully saturated rings. The van der Waals surface area contributed by atoms with Gasteiger partial charge in [0.1, 0.15) is 12.6 Å². The third-order valence-corrected chi connectivity index (χ3v) is 21.4. The van der Waals surface area contributed by atoms with Crippen LogP contribution in [0.25, 0.3) is 0 Å². The molecule has 8 aliphatic carbocycles. The summed E-state index contributed by atoms with van der Waals surface area (Å²) in [5.41, 5.74) is -0.730. The Bertz CT molecular complexity index is 1640. The third kappa shape index (κ3) is 7.63. The standard InChI is InChI=1S/C50H81NO10/c1-26(32-9-11-34-45-36(23-40(55)49(32,34)5)47(3)17-15-30(52)19-28(47)21-38(45)53)7-13-42(57)51-25-44(60)61-31-16-18-48(4)29(20-31)22-39(54)46-35-12-10-33(27(2)8-14-43(58)59)50(35,6)41(56)24-37(46)48/h26-41,45-46,52-56H,7-25H2,1-6H3,(H,51,57)(H,58,59)/t26-,27-,28?,29+,30-,31-,32-,33-,34?,35+,36?,37+,38-,39-,40+,41+,45?,46+,47+,48+,49-,50-/m1/s1. The van der Waals surface area contributed by atoms with Crippen molar-refractivity contribution >= 4 is 17.8 Å². The molecule has 346 valence electrons. The number of aliphatic hydroxyl groups excluding tert-OH is 5. The number of carbonyl (C=O) groups is 3. The largest absolute Gasteiger partial charge is 0.481 e. The van der Waals surface area contributed by atoms with Gasteiger partial charge in [0.15, 0.2) is 0 Å². The van der Waals surface area contributed by atoms with Crippen LogP contribution in [0.3, 0.4) is 0 Å². The van der Waals surface area contributed by atoms with E-state index in [2.05, 4.69) is 46.9 Å². The van der Waals surface area contributed by atoms with E-state index in [4.69, 9.17) is 4.74 Å². The molecule has 0 aromatic heterocycles. The second kappa shape index (κ2) is 16.9. The average Bonchev–Trinajstić information content (AvgIpc) is 3.75. The van der Waals surface area contributed by atoms with Crippen LogP contribution in [-0.4, -0.2) is 91.7 Å². The lowest BCUT2D eigenvalue weighted by Crippen LogP contribution is -2.62. The summed E-state index contributed by atoms with van der Waals surface area (Å²) in [4.78, 5) is 37.7. The fourth-order valence-corrected chi connectivity index (χ4v) is 18.0. The van der Waals surface area contributed by atoms with Gasteiger partial charge in [-0.3, -0.25) is 14.4 Å². The summed E-state index contributed by atoms with van der Waals surface area (Å²) in [6.07, 6.45) is 10.5. The van der Waals surface area contributed by atoms with Crippen LogP contribution < -0.4 is 5.32 Å². The predicted octanol–water partition coefficient (Wildman–Crippen LogP) is 6.49. The number of nitrogens with one attached hydrogen (secondary N) is 1. The second-order valence-electron chi connectivity index (χ2n) is 23.7. The number of aliphatic hydroxyl groups is 5. The van der Waals surface area contributed by atoms with Gasteiger partial charge in [-0.2, -0.15) is 0 Å². The number of aliphatic carboxylic acids is 1. The van der Waals surface area contributed by atoms with Crippen molar-refractivity contribution in [1.29, 1.82) is 0 Å². The average molecular weight is 856 g/mol. The topological polar surface area (TPSA) is 194 Å². The number of carboxylic acid groups (broad SMARTS) is 1. The van der Waals surface area contributed by atoms with E-state index < -0.39 is 36.4 Å². The molecule has 11 nitrogen and oxygen atoms in total. The Morgan fingerprint density at radius 3 is 1.64 bits per heavy atom. The lowest BCUT2D eigenvalue weighted by molar-refractivity contribution is -0.209. The molecule has 0 heterocycles. The van der Waals surface area contributed by atoms with Crippen molar-refractivity contribution in [3.05, 3.63) is 0 Å². The summed E-state index contributed by atoms with van der Waals surface area (Å²) in [6.45, 7) is 13.3. The summed E-state index contributed by atoms with van der Waals surface area (Å²) < 4.78 is 6.00. The van der Waals surface area contributed by atoms with Crippen LogP contribution in [0.1, 0.15) is 157 Å². The molecule has 0 aromatic carbocycles. The summed E-state index contributed by atoms with van der Waals surface area (Å²) in [5, 5.41) is 69.9. The van der Waals surface area contributed by atoms with E-state index in [0.717, 1.165) is 57.8 Å². The fraction of sp³-hybridized carbons (Fsp3) is 0.940. The Kier molecular flexibility index (Phi) is 12.7. The van der Waals surface area contributed by atoms with E-state index >= 15 is 0 Å². The molecule has 4 unspecified atom stereocenters. The number of carboxylic acids is 1. The van der Waals surface area contributed by atoms with Crippen molar-refractivity contribution in [3.63, 3.8) is 0 Å². The summed E-state index contributed by atoms with van der Waals surface area (Å²) in [6, 6.07) is 0. The molecule has 0 bridgehead atoms. The molecular formula is C50H81NO10. The van der Waals surface area contributed by atoms with E-state index in [1.807, 2.05) is 0 Å². The molecule has 1 amide bonds. The number of hydrogen-bond acceptors (Lipinski definition) is 9. The van der Waals surface area contributed by atoms with Crippen LogP contribution in [0.15, 0.2) is 0 Å². The van der Waals surface area contributed by atoms with Gasteiger partial charge in [0, 0.05) is 12.8 Å². The maximum Gasteiger partial charge on any atom is 0.325 e. The normalized spacial score (nSPS) is 51.0. The molecule has 8 rings (SSSR count). The number of amides is 1. The van der Waals surface area contributed by atoms with Crippen LogP contribution >= 0.6 is 0 Å². The van der Waals surface area contributed by atoms with Crippen LogP contribution in [0.5, 0.6) is 0 Å². The molecule has 11 heteroatoms. The highest BCUT2D eigenvalue weighted by Gasteiger charge is 2.67. The Hall–Kier alpha value is -1.79. The van der Waals surface area contributed by atoms with Gasteiger partial charge in [-0.05, 0) is 195 Å². The molecule has 8 aliphatic rings. The van der Waals surface area contributed by atoms with Crippen molar-refractivity contribution in [2.45, 2.75) is 194 Å². The minimum Gasteiger partial charge on any atom is -0.481 e. The number of carbonyl (C=O) groups excluding carboxylic acids is 2. The zero-order valence-electron chi connectivity index (χ0n) is 38.1. The van der Waals surface area contributed by atoms with E-state index in [1.54, 1.807) is 0 Å². The zero-order chi connectivity index (χ0) is 44.0. The summed E-state index contributed by atoms with van der Waals surface area (Å²) in [5.74, 6) is 0.952. The SMILES string of the molecule is C[C@H](CCC(=O)NCC(=O)O[C@@H]1CC[C@@]2(C)[C@@H](C1)C[C@@H](O)[C@@H]1[C@@H]2C[C@H](O)[C@]2(C)[C@@H]([C@H](C)CCC(=O)O)CC[C@@H]12)[C@H]1CCC2C3C(C[C@H](O)[C@@]21C)[C@@]1(C)CC[C@@H](O)CC1C[C@H]3O. The first-order chi connectivity index (χ1) is 28.7. The van der Waals surface area contributed by atoms with Crippen LogP contribution in [0, 0.1) is 92.7 Å². The minimum absolute atomic E-state index is 0.0313. The van der Waals surface area contributed by atoms with E-state index in [1.165, 1.54) is 0 Å². The molecule has 0 aromatic rings. The number of fused-ring (bicyclic) bond motifs is 10. The Morgan fingerprint density at radius 1 is 0.623 bits per heavy atom. The van der Waals surface area contributed by atoms with Crippen LogP contribution in [0.2, 0.25) is 0 Å². The summed E-state index contributed by atoms with van der Waals surface area (Å²) >= 11 is 0. The maximum absolute atomic E-state index is 13.2. The second-order valence-corrected chi connectivity index (χ2v) is 23.7. The molecule has 0 spiro atoms. The third-order valence-electron chi connectivity index (χ3n) is 21.4. The Balaban J connectivity index is 0.809. The van der Waals surface area contributed by atoms with Gasteiger partial charge in [0.25, 0.3) is 0 Å². The fourth-order valence-electron chi connectivity index (χ4n) is 18.0. The lowest BCUT2D eigenvalue weighted by atomic mass is 9.43. The van der Waals surface area contributed by atoms with Crippen molar-refractivity contribution in [3.8, 4) is 0 Å². The van der Waals surface area contributed by atoms with E-state index in [0.29, 0.717) is 44.9 Å². The van der Waals surface area contributed by atoms with E-state index in [9.17, 15) is 45.0 Å². The molecule has 0 saturated heterocycles. The summed E-state index contributed by atoms with van der Waals surface area (Å²) in [7, 11) is 0. The molecule has 7 N–H and O–H groups in total. The number of hydrogen-bond donors (Lipinski definition) is 7.